The van der Waals surface area contributed by atoms with Crippen LogP contribution in [0.2, 0.25) is 0 Å². The molecule has 0 bridgehead atoms. The summed E-state index contributed by atoms with van der Waals surface area (Å²) in [5, 5.41) is 11.6. The van der Waals surface area contributed by atoms with Gasteiger partial charge in [0.15, 0.2) is 0 Å². The minimum absolute atomic E-state index is 0.116. The summed E-state index contributed by atoms with van der Waals surface area (Å²) in [5.74, 6) is -0.985. The Morgan fingerprint density at radius 2 is 1.95 bits per heavy atom. The number of carbonyl (C=O) groups excluding carboxylic acids is 1. The lowest BCUT2D eigenvalue weighted by Gasteiger charge is -2.25. The van der Waals surface area contributed by atoms with Gasteiger partial charge < -0.3 is 20.2 Å². The van der Waals surface area contributed by atoms with Crippen LogP contribution in [0.25, 0.3) is 0 Å². The average molecular weight is 271 g/mol. The second-order valence-corrected chi connectivity index (χ2v) is 5.25. The Balaban J connectivity index is 2.21. The summed E-state index contributed by atoms with van der Waals surface area (Å²) in [6.45, 7) is 7.28. The van der Waals surface area contributed by atoms with Gasteiger partial charge in [-0.15, -0.1) is 0 Å². The minimum Gasteiger partial charge on any atom is -0.480 e. The Kier molecular flexibility index (Phi) is 6.62. The van der Waals surface area contributed by atoms with Crippen LogP contribution in [0.15, 0.2) is 0 Å². The van der Waals surface area contributed by atoms with Crippen molar-refractivity contribution in [1.29, 1.82) is 0 Å². The molecule has 1 heterocycles. The standard InChI is InChI=1S/C13H25N3O3/c1-11(2)16(10-12(17)18)13(19)14-6-5-9-15-7-3-4-8-15/h11H,3-10H2,1-2H3,(H,14,19)(H,17,18). The lowest BCUT2D eigenvalue weighted by atomic mass is 10.3. The molecule has 19 heavy (non-hydrogen) atoms. The molecule has 0 radical (unpaired) electrons. The monoisotopic (exact) mass is 271 g/mol. The number of rotatable bonds is 7. The highest BCUT2D eigenvalue weighted by atomic mass is 16.4. The summed E-state index contributed by atoms with van der Waals surface area (Å²) in [4.78, 5) is 26.3. The molecule has 110 valence electrons. The van der Waals surface area contributed by atoms with E-state index in [0.29, 0.717) is 6.54 Å². The van der Waals surface area contributed by atoms with E-state index in [-0.39, 0.29) is 18.6 Å². The van der Waals surface area contributed by atoms with Gasteiger partial charge in [-0.1, -0.05) is 0 Å². The molecule has 1 rings (SSSR count). The largest absolute Gasteiger partial charge is 0.480 e. The predicted octanol–water partition coefficient (Wildman–Crippen LogP) is 0.977. The number of amides is 2. The molecule has 1 saturated heterocycles. The fraction of sp³-hybridized carbons (Fsp3) is 0.846. The van der Waals surface area contributed by atoms with Crippen LogP contribution in [-0.2, 0) is 4.79 Å². The summed E-state index contributed by atoms with van der Waals surface area (Å²) in [5.41, 5.74) is 0. The average Bonchev–Trinajstić information content (AvgIpc) is 2.83. The van der Waals surface area contributed by atoms with Gasteiger partial charge in [-0.2, -0.15) is 0 Å². The zero-order valence-electron chi connectivity index (χ0n) is 11.9. The van der Waals surface area contributed by atoms with Crippen molar-refractivity contribution in [3.05, 3.63) is 0 Å². The third-order valence-electron chi connectivity index (χ3n) is 3.32. The van der Waals surface area contributed by atoms with Crippen LogP contribution < -0.4 is 5.32 Å². The Morgan fingerprint density at radius 1 is 1.32 bits per heavy atom. The van der Waals surface area contributed by atoms with Gasteiger partial charge in [0.2, 0.25) is 0 Å². The number of hydrogen-bond acceptors (Lipinski definition) is 3. The SMILES string of the molecule is CC(C)N(CC(=O)O)C(=O)NCCCN1CCCC1. The van der Waals surface area contributed by atoms with E-state index in [0.717, 1.165) is 26.1 Å². The maximum atomic E-state index is 11.9. The van der Waals surface area contributed by atoms with Gasteiger partial charge in [0.05, 0.1) is 0 Å². The first kappa shape index (κ1) is 15.8. The van der Waals surface area contributed by atoms with Gasteiger partial charge in [0, 0.05) is 12.6 Å². The maximum absolute atomic E-state index is 11.9. The summed E-state index contributed by atoms with van der Waals surface area (Å²) < 4.78 is 0. The molecule has 0 spiro atoms. The quantitative estimate of drug-likeness (QED) is 0.677. The van der Waals surface area contributed by atoms with Crippen molar-refractivity contribution in [3.63, 3.8) is 0 Å². The van der Waals surface area contributed by atoms with Crippen molar-refractivity contribution in [2.24, 2.45) is 0 Å². The first-order chi connectivity index (χ1) is 9.00. The third kappa shape index (κ3) is 5.92. The van der Waals surface area contributed by atoms with Gasteiger partial charge in [0.25, 0.3) is 0 Å². The molecular formula is C13H25N3O3. The smallest absolute Gasteiger partial charge is 0.323 e. The van der Waals surface area contributed by atoms with Crippen molar-refractivity contribution in [2.75, 3.05) is 32.7 Å². The van der Waals surface area contributed by atoms with E-state index in [2.05, 4.69) is 10.2 Å². The van der Waals surface area contributed by atoms with Crippen LogP contribution in [0, 0.1) is 0 Å². The van der Waals surface area contributed by atoms with E-state index >= 15 is 0 Å². The Bertz CT molecular complexity index is 302. The fourth-order valence-corrected chi connectivity index (χ4v) is 2.24. The summed E-state index contributed by atoms with van der Waals surface area (Å²) >= 11 is 0. The highest BCUT2D eigenvalue weighted by molar-refractivity contribution is 5.80. The topological polar surface area (TPSA) is 72.9 Å². The molecule has 1 aliphatic rings. The molecule has 0 atom stereocenters. The van der Waals surface area contributed by atoms with E-state index < -0.39 is 5.97 Å². The normalized spacial score (nSPS) is 15.7. The number of hydrogen-bond donors (Lipinski definition) is 2. The lowest BCUT2D eigenvalue weighted by Crippen LogP contribution is -2.47. The van der Waals surface area contributed by atoms with Crippen LogP contribution in [0.1, 0.15) is 33.1 Å². The number of carboxylic acid groups (broad SMARTS) is 1. The van der Waals surface area contributed by atoms with E-state index in [1.165, 1.54) is 17.7 Å². The van der Waals surface area contributed by atoms with Crippen LogP contribution in [0.3, 0.4) is 0 Å². The number of likely N-dealkylation sites (tertiary alicyclic amines) is 1. The lowest BCUT2D eigenvalue weighted by molar-refractivity contribution is -0.138. The zero-order valence-corrected chi connectivity index (χ0v) is 11.9. The summed E-state index contributed by atoms with van der Waals surface area (Å²) in [6, 6.07) is -0.409. The molecule has 2 N–H and O–H groups in total. The Labute approximate surface area is 114 Å². The van der Waals surface area contributed by atoms with Crippen LogP contribution >= 0.6 is 0 Å². The van der Waals surface area contributed by atoms with Crippen molar-refractivity contribution in [3.8, 4) is 0 Å². The minimum atomic E-state index is -0.985. The molecule has 6 nitrogen and oxygen atoms in total. The molecule has 0 saturated carbocycles. The Morgan fingerprint density at radius 3 is 2.47 bits per heavy atom. The predicted molar refractivity (Wildman–Crippen MR) is 73.2 cm³/mol. The second-order valence-electron chi connectivity index (χ2n) is 5.25. The highest BCUT2D eigenvalue weighted by Crippen LogP contribution is 2.07. The first-order valence-electron chi connectivity index (χ1n) is 6.99. The second kappa shape index (κ2) is 7.99. The summed E-state index contributed by atoms with van der Waals surface area (Å²) in [7, 11) is 0. The van der Waals surface area contributed by atoms with E-state index in [9.17, 15) is 9.59 Å². The van der Waals surface area contributed by atoms with Crippen LogP contribution in [0.4, 0.5) is 4.79 Å². The number of aliphatic carboxylic acids is 1. The zero-order chi connectivity index (χ0) is 14.3. The van der Waals surface area contributed by atoms with Crippen molar-refractivity contribution < 1.29 is 14.7 Å². The van der Waals surface area contributed by atoms with Gasteiger partial charge in [0.1, 0.15) is 6.54 Å². The van der Waals surface area contributed by atoms with E-state index in [4.69, 9.17) is 5.11 Å². The fourth-order valence-electron chi connectivity index (χ4n) is 2.24. The van der Waals surface area contributed by atoms with E-state index in [1.54, 1.807) is 0 Å². The number of carbonyl (C=O) groups is 2. The Hall–Kier alpha value is -1.30. The number of nitrogens with zero attached hydrogens (tertiary/aromatic N) is 2. The number of carboxylic acids is 1. The molecule has 6 heteroatoms. The molecule has 0 aromatic rings. The molecule has 0 aromatic carbocycles. The highest BCUT2D eigenvalue weighted by Gasteiger charge is 2.19. The van der Waals surface area contributed by atoms with Crippen molar-refractivity contribution >= 4 is 12.0 Å². The van der Waals surface area contributed by atoms with Gasteiger partial charge in [-0.3, -0.25) is 4.79 Å². The molecule has 1 fully saturated rings. The molecule has 0 aliphatic carbocycles. The molecule has 0 unspecified atom stereocenters. The van der Waals surface area contributed by atoms with Gasteiger partial charge >= 0.3 is 12.0 Å². The van der Waals surface area contributed by atoms with Gasteiger partial charge in [-0.25, -0.2) is 4.79 Å². The van der Waals surface area contributed by atoms with Gasteiger partial charge in [-0.05, 0) is 52.7 Å². The number of nitrogens with one attached hydrogen (secondary N) is 1. The van der Waals surface area contributed by atoms with Crippen LogP contribution in [-0.4, -0.2) is 65.7 Å². The number of urea groups is 1. The van der Waals surface area contributed by atoms with E-state index in [1.807, 2.05) is 13.8 Å². The molecule has 2 amide bonds. The third-order valence-corrected chi connectivity index (χ3v) is 3.32. The molecule has 1 aliphatic heterocycles. The van der Waals surface area contributed by atoms with Crippen molar-refractivity contribution in [2.45, 2.75) is 39.2 Å². The van der Waals surface area contributed by atoms with Crippen LogP contribution in [0.5, 0.6) is 0 Å². The van der Waals surface area contributed by atoms with Crippen molar-refractivity contribution in [1.82, 2.24) is 15.1 Å². The molecule has 0 aromatic heterocycles. The molecular weight excluding hydrogens is 246 g/mol. The first-order valence-corrected chi connectivity index (χ1v) is 6.99. The maximum Gasteiger partial charge on any atom is 0.323 e. The summed E-state index contributed by atoms with van der Waals surface area (Å²) in [6.07, 6.45) is 3.45.